The molecule has 0 saturated carbocycles. The number of aromatic nitrogens is 3. The van der Waals surface area contributed by atoms with E-state index in [0.717, 1.165) is 40.8 Å². The van der Waals surface area contributed by atoms with Gasteiger partial charge < -0.3 is 15.2 Å². The number of fused-ring (bicyclic) bond motifs is 1. The van der Waals surface area contributed by atoms with Crippen LogP contribution in [0.4, 0.5) is 4.79 Å². The molecule has 2 aromatic heterocycles. The molecule has 0 aliphatic carbocycles. The fourth-order valence-corrected chi connectivity index (χ4v) is 3.70. The molecule has 0 spiro atoms. The monoisotopic (exact) mass is 407 g/mol. The Morgan fingerprint density at radius 3 is 2.43 bits per heavy atom. The lowest BCUT2D eigenvalue weighted by molar-refractivity contribution is 0.200. The highest BCUT2D eigenvalue weighted by Gasteiger charge is 2.18. The normalized spacial score (nSPS) is 11.6. The Hall–Kier alpha value is -2.89. The minimum atomic E-state index is -0.00305. The second kappa shape index (κ2) is 9.28. The number of carbonyl (C=O) groups excluding carboxylic acids is 1. The molecule has 1 aromatic carbocycles. The smallest absolute Gasteiger partial charge is 0.317 e. The predicted octanol–water partition coefficient (Wildman–Crippen LogP) is 4.91. The van der Waals surface area contributed by atoms with Crippen LogP contribution in [0.5, 0.6) is 0 Å². The number of aryl methyl sites for hydroxylation is 1. The van der Waals surface area contributed by atoms with Crippen LogP contribution in [-0.2, 0) is 11.8 Å². The molecule has 6 nitrogen and oxygen atoms in total. The van der Waals surface area contributed by atoms with Crippen molar-refractivity contribution in [3.05, 3.63) is 47.8 Å². The average Bonchev–Trinajstić information content (AvgIpc) is 3.09. The van der Waals surface area contributed by atoms with Gasteiger partial charge >= 0.3 is 6.03 Å². The molecular formula is C24H33N5O. The Bertz CT molecular complexity index is 985. The summed E-state index contributed by atoms with van der Waals surface area (Å²) in [5.74, 6) is 0. The van der Waals surface area contributed by atoms with Crippen LogP contribution < -0.4 is 5.32 Å². The molecule has 0 aliphatic rings. The highest BCUT2D eigenvalue weighted by molar-refractivity contribution is 5.85. The molecule has 3 rings (SSSR count). The van der Waals surface area contributed by atoms with Gasteiger partial charge in [-0.05, 0) is 43.2 Å². The van der Waals surface area contributed by atoms with Crippen molar-refractivity contribution in [1.82, 2.24) is 25.2 Å². The molecule has 6 heteroatoms. The quantitative estimate of drug-likeness (QED) is 0.585. The molecule has 3 aromatic rings. The van der Waals surface area contributed by atoms with E-state index in [4.69, 9.17) is 0 Å². The van der Waals surface area contributed by atoms with Gasteiger partial charge in [-0.2, -0.15) is 0 Å². The van der Waals surface area contributed by atoms with Crippen molar-refractivity contribution in [2.45, 2.75) is 52.9 Å². The number of benzene rings is 1. The van der Waals surface area contributed by atoms with E-state index in [2.05, 4.69) is 65.3 Å². The van der Waals surface area contributed by atoms with Crippen molar-refractivity contribution in [1.29, 1.82) is 0 Å². The maximum absolute atomic E-state index is 12.2. The molecule has 0 aliphatic heterocycles. The van der Waals surface area contributed by atoms with Crippen LogP contribution in [0.15, 0.2) is 36.7 Å². The second-order valence-corrected chi connectivity index (χ2v) is 8.58. The highest BCUT2D eigenvalue weighted by atomic mass is 16.2. The number of urea groups is 1. The van der Waals surface area contributed by atoms with Gasteiger partial charge in [-0.15, -0.1) is 0 Å². The third-order valence-corrected chi connectivity index (χ3v) is 5.42. The number of nitrogens with one attached hydrogen (secondary N) is 2. The van der Waals surface area contributed by atoms with Crippen molar-refractivity contribution in [3.63, 3.8) is 0 Å². The molecule has 0 fully saturated rings. The van der Waals surface area contributed by atoms with Crippen LogP contribution in [0.3, 0.4) is 0 Å². The second-order valence-electron chi connectivity index (χ2n) is 8.58. The van der Waals surface area contributed by atoms with E-state index in [1.54, 1.807) is 12.4 Å². The number of carbonyl (C=O) groups is 1. The number of hydrogen-bond donors (Lipinski definition) is 2. The lowest BCUT2D eigenvalue weighted by Gasteiger charge is -2.21. The summed E-state index contributed by atoms with van der Waals surface area (Å²) in [4.78, 5) is 26.5. The van der Waals surface area contributed by atoms with Gasteiger partial charge in [0, 0.05) is 37.6 Å². The Kier molecular flexibility index (Phi) is 6.75. The SMILES string of the molecule is CCNC(=O)N(CC)CCCc1c(-c2ccc(C(C)(C)C)cc2)[nH]c2nccnc12. The Morgan fingerprint density at radius 1 is 1.10 bits per heavy atom. The first-order valence-electron chi connectivity index (χ1n) is 10.8. The number of aromatic amines is 1. The maximum Gasteiger partial charge on any atom is 0.317 e. The standard InChI is InChI=1S/C24H33N5O/c1-6-25-23(30)29(7-2)16-8-9-19-20(28-22-21(19)26-14-15-27-22)17-10-12-18(13-11-17)24(3,4)5/h10-15H,6-9,16H2,1-5H3,(H,25,30)(H,27,28). The van der Waals surface area contributed by atoms with E-state index in [-0.39, 0.29) is 11.4 Å². The zero-order valence-electron chi connectivity index (χ0n) is 18.7. The number of amides is 2. The van der Waals surface area contributed by atoms with Crippen molar-refractivity contribution in [2.24, 2.45) is 0 Å². The molecule has 0 unspecified atom stereocenters. The van der Waals surface area contributed by atoms with Gasteiger partial charge in [0.2, 0.25) is 0 Å². The van der Waals surface area contributed by atoms with E-state index in [1.165, 1.54) is 5.56 Å². The zero-order valence-corrected chi connectivity index (χ0v) is 18.7. The van der Waals surface area contributed by atoms with Crippen molar-refractivity contribution in [2.75, 3.05) is 19.6 Å². The Morgan fingerprint density at radius 2 is 1.80 bits per heavy atom. The summed E-state index contributed by atoms with van der Waals surface area (Å²) in [5, 5.41) is 2.88. The lowest BCUT2D eigenvalue weighted by Crippen LogP contribution is -2.40. The van der Waals surface area contributed by atoms with Crippen LogP contribution in [0.25, 0.3) is 22.4 Å². The summed E-state index contributed by atoms with van der Waals surface area (Å²) < 4.78 is 0. The molecule has 2 heterocycles. The molecule has 2 N–H and O–H groups in total. The van der Waals surface area contributed by atoms with Gasteiger partial charge in [-0.25, -0.2) is 9.78 Å². The predicted molar refractivity (Wildman–Crippen MR) is 123 cm³/mol. The van der Waals surface area contributed by atoms with E-state index in [9.17, 15) is 4.79 Å². The molecule has 0 atom stereocenters. The minimum absolute atomic E-state index is 0.00305. The third kappa shape index (κ3) is 4.81. The Balaban J connectivity index is 1.86. The molecule has 2 amide bonds. The summed E-state index contributed by atoms with van der Waals surface area (Å²) in [6, 6.07) is 8.72. The molecule has 30 heavy (non-hydrogen) atoms. The molecule has 0 saturated heterocycles. The van der Waals surface area contributed by atoms with Crippen molar-refractivity contribution >= 4 is 17.2 Å². The van der Waals surface area contributed by atoms with E-state index in [0.29, 0.717) is 19.6 Å². The van der Waals surface area contributed by atoms with Gasteiger partial charge in [0.15, 0.2) is 5.65 Å². The number of rotatable bonds is 7. The third-order valence-electron chi connectivity index (χ3n) is 5.42. The molecule has 0 bridgehead atoms. The molecular weight excluding hydrogens is 374 g/mol. The van der Waals surface area contributed by atoms with Gasteiger partial charge in [0.05, 0.1) is 5.69 Å². The van der Waals surface area contributed by atoms with Crippen LogP contribution in [0.2, 0.25) is 0 Å². The first-order valence-corrected chi connectivity index (χ1v) is 10.8. The largest absolute Gasteiger partial charge is 0.338 e. The maximum atomic E-state index is 12.2. The average molecular weight is 408 g/mol. The number of H-pyrrole nitrogens is 1. The van der Waals surface area contributed by atoms with Gasteiger partial charge in [0.25, 0.3) is 0 Å². The fourth-order valence-electron chi connectivity index (χ4n) is 3.70. The zero-order chi connectivity index (χ0) is 21.7. The van der Waals surface area contributed by atoms with E-state index >= 15 is 0 Å². The fraction of sp³-hybridized carbons (Fsp3) is 0.458. The summed E-state index contributed by atoms with van der Waals surface area (Å²) in [5.41, 5.74) is 6.50. The van der Waals surface area contributed by atoms with Gasteiger partial charge in [0.1, 0.15) is 5.52 Å². The Labute approximate surface area is 179 Å². The van der Waals surface area contributed by atoms with E-state index in [1.807, 2.05) is 18.7 Å². The number of hydrogen-bond acceptors (Lipinski definition) is 3. The summed E-state index contributed by atoms with van der Waals surface area (Å²) in [6.07, 6.45) is 5.13. The van der Waals surface area contributed by atoms with Gasteiger partial charge in [-0.3, -0.25) is 4.98 Å². The molecule has 0 radical (unpaired) electrons. The van der Waals surface area contributed by atoms with Crippen LogP contribution in [0, 0.1) is 0 Å². The van der Waals surface area contributed by atoms with Crippen LogP contribution in [0.1, 0.15) is 52.2 Å². The van der Waals surface area contributed by atoms with Crippen LogP contribution in [-0.4, -0.2) is 45.5 Å². The highest BCUT2D eigenvalue weighted by Crippen LogP contribution is 2.31. The lowest BCUT2D eigenvalue weighted by atomic mass is 9.86. The van der Waals surface area contributed by atoms with Crippen molar-refractivity contribution in [3.8, 4) is 11.3 Å². The van der Waals surface area contributed by atoms with Gasteiger partial charge in [-0.1, -0.05) is 45.0 Å². The molecule has 160 valence electrons. The van der Waals surface area contributed by atoms with E-state index < -0.39 is 0 Å². The summed E-state index contributed by atoms with van der Waals surface area (Å²) in [7, 11) is 0. The minimum Gasteiger partial charge on any atom is -0.338 e. The van der Waals surface area contributed by atoms with Crippen LogP contribution >= 0.6 is 0 Å². The van der Waals surface area contributed by atoms with Crippen molar-refractivity contribution < 1.29 is 4.79 Å². The summed E-state index contributed by atoms with van der Waals surface area (Å²) in [6.45, 7) is 12.7. The topological polar surface area (TPSA) is 73.9 Å². The summed E-state index contributed by atoms with van der Waals surface area (Å²) >= 11 is 0. The number of nitrogens with zero attached hydrogens (tertiary/aromatic N) is 3. The first kappa shape index (κ1) is 21.8. The first-order chi connectivity index (χ1) is 14.3.